The molecule has 0 aliphatic carbocycles. The highest BCUT2D eigenvalue weighted by Crippen LogP contribution is 2.34. The van der Waals surface area contributed by atoms with Crippen LogP contribution in [0.15, 0.2) is 59.1 Å². The first-order chi connectivity index (χ1) is 12.5. The van der Waals surface area contributed by atoms with Gasteiger partial charge in [0.2, 0.25) is 0 Å². The number of nitrogens with zero attached hydrogens (tertiary/aromatic N) is 2. The van der Waals surface area contributed by atoms with Gasteiger partial charge in [0.25, 0.3) is 5.91 Å². The zero-order chi connectivity index (χ0) is 18.3. The highest BCUT2D eigenvalue weighted by Gasteiger charge is 2.18. The molecule has 0 saturated carbocycles. The van der Waals surface area contributed by atoms with Crippen molar-refractivity contribution in [2.45, 2.75) is 0 Å². The Balaban J connectivity index is 1.72. The molecule has 7 heteroatoms. The van der Waals surface area contributed by atoms with E-state index in [4.69, 9.17) is 11.6 Å². The van der Waals surface area contributed by atoms with Crippen LogP contribution in [0.25, 0.3) is 21.5 Å². The fraction of sp³-hybridized carbons (Fsp3) is 0.0526. The number of aryl methyl sites for hydroxylation is 1. The second-order valence-corrected chi connectivity index (χ2v) is 8.06. The number of para-hydroxylation sites is 1. The van der Waals surface area contributed by atoms with Crippen molar-refractivity contribution >= 4 is 60.7 Å². The average molecular weight is 447 g/mol. The average Bonchev–Trinajstić information content (AvgIpc) is 3.19. The summed E-state index contributed by atoms with van der Waals surface area (Å²) in [5.41, 5.74) is 2.55. The van der Waals surface area contributed by atoms with Gasteiger partial charge in [0.1, 0.15) is 10.5 Å². The molecule has 0 spiro atoms. The number of fused-ring (bicyclic) bond motifs is 1. The van der Waals surface area contributed by atoms with Gasteiger partial charge in [0, 0.05) is 27.5 Å². The number of aromatic nitrogens is 2. The fourth-order valence-electron chi connectivity index (χ4n) is 2.72. The molecule has 0 atom stereocenters. The van der Waals surface area contributed by atoms with Gasteiger partial charge in [-0.2, -0.15) is 5.10 Å². The summed E-state index contributed by atoms with van der Waals surface area (Å²) in [7, 11) is 1.88. The largest absolute Gasteiger partial charge is 0.320 e. The zero-order valence-electron chi connectivity index (χ0n) is 13.7. The highest BCUT2D eigenvalue weighted by atomic mass is 79.9. The predicted molar refractivity (Wildman–Crippen MR) is 111 cm³/mol. The van der Waals surface area contributed by atoms with Gasteiger partial charge in [-0.15, -0.1) is 11.3 Å². The third kappa shape index (κ3) is 3.16. The molecule has 0 bridgehead atoms. The SMILES string of the molecule is Cn1nc(-c2ccc(Cl)cc2)c2cc(C(=O)Nc3ccccc3Br)sc21. The van der Waals surface area contributed by atoms with Gasteiger partial charge in [-0.05, 0) is 46.3 Å². The zero-order valence-corrected chi connectivity index (χ0v) is 16.8. The highest BCUT2D eigenvalue weighted by molar-refractivity contribution is 9.10. The van der Waals surface area contributed by atoms with Gasteiger partial charge in [-0.1, -0.05) is 35.9 Å². The molecule has 2 aromatic carbocycles. The Labute approximate surface area is 167 Å². The van der Waals surface area contributed by atoms with Crippen LogP contribution in [0.2, 0.25) is 5.02 Å². The molecule has 0 unspecified atom stereocenters. The van der Waals surface area contributed by atoms with E-state index >= 15 is 0 Å². The number of hydrogen-bond acceptors (Lipinski definition) is 3. The Morgan fingerprint density at radius 3 is 2.65 bits per heavy atom. The summed E-state index contributed by atoms with van der Waals surface area (Å²) in [5, 5.41) is 9.17. The van der Waals surface area contributed by atoms with E-state index in [9.17, 15) is 4.79 Å². The van der Waals surface area contributed by atoms with E-state index in [0.29, 0.717) is 9.90 Å². The lowest BCUT2D eigenvalue weighted by atomic mass is 10.1. The van der Waals surface area contributed by atoms with Gasteiger partial charge < -0.3 is 5.32 Å². The molecule has 0 saturated heterocycles. The summed E-state index contributed by atoms with van der Waals surface area (Å²) in [6.07, 6.45) is 0. The van der Waals surface area contributed by atoms with E-state index in [-0.39, 0.29) is 5.91 Å². The van der Waals surface area contributed by atoms with Gasteiger partial charge >= 0.3 is 0 Å². The van der Waals surface area contributed by atoms with Crippen LogP contribution in [-0.2, 0) is 7.05 Å². The Morgan fingerprint density at radius 1 is 1.19 bits per heavy atom. The lowest BCUT2D eigenvalue weighted by Gasteiger charge is -2.05. The Morgan fingerprint density at radius 2 is 1.92 bits per heavy atom. The summed E-state index contributed by atoms with van der Waals surface area (Å²) in [4.78, 5) is 14.3. The third-order valence-electron chi connectivity index (χ3n) is 3.98. The van der Waals surface area contributed by atoms with E-state index in [1.54, 1.807) is 4.68 Å². The number of amides is 1. The fourth-order valence-corrected chi connectivity index (χ4v) is 4.20. The lowest BCUT2D eigenvalue weighted by Crippen LogP contribution is -2.10. The Kier molecular flexibility index (Phi) is 4.56. The number of nitrogens with one attached hydrogen (secondary N) is 1. The molecule has 2 heterocycles. The molecular weight excluding hydrogens is 434 g/mol. The number of halogens is 2. The van der Waals surface area contributed by atoms with Crippen LogP contribution in [0.4, 0.5) is 5.69 Å². The Bertz CT molecular complexity index is 1120. The van der Waals surface area contributed by atoms with Crippen molar-refractivity contribution in [1.29, 1.82) is 0 Å². The lowest BCUT2D eigenvalue weighted by molar-refractivity contribution is 0.103. The van der Waals surface area contributed by atoms with Crippen molar-refractivity contribution < 1.29 is 4.79 Å². The number of hydrogen-bond donors (Lipinski definition) is 1. The van der Waals surface area contributed by atoms with Crippen molar-refractivity contribution in [3.8, 4) is 11.3 Å². The summed E-state index contributed by atoms with van der Waals surface area (Å²) < 4.78 is 2.65. The van der Waals surface area contributed by atoms with E-state index in [2.05, 4.69) is 26.3 Å². The van der Waals surface area contributed by atoms with Crippen molar-refractivity contribution in [2.24, 2.45) is 7.05 Å². The van der Waals surface area contributed by atoms with Crippen LogP contribution >= 0.6 is 38.9 Å². The first kappa shape index (κ1) is 17.3. The topological polar surface area (TPSA) is 46.9 Å². The minimum absolute atomic E-state index is 0.139. The van der Waals surface area contributed by atoms with E-state index in [1.165, 1.54) is 11.3 Å². The molecule has 0 fully saturated rings. The molecule has 1 amide bonds. The van der Waals surface area contributed by atoms with Crippen molar-refractivity contribution in [2.75, 3.05) is 5.32 Å². The molecule has 26 heavy (non-hydrogen) atoms. The maximum Gasteiger partial charge on any atom is 0.265 e. The molecule has 1 N–H and O–H groups in total. The molecule has 130 valence electrons. The minimum Gasteiger partial charge on any atom is -0.320 e. The molecule has 4 rings (SSSR count). The number of carbonyl (C=O) groups is 1. The molecular formula is C19H13BrClN3OS. The number of carbonyl (C=O) groups excluding carboxylic acids is 1. The van der Waals surface area contributed by atoms with E-state index < -0.39 is 0 Å². The number of benzene rings is 2. The maximum atomic E-state index is 12.7. The maximum absolute atomic E-state index is 12.7. The van der Waals surface area contributed by atoms with Crippen LogP contribution in [0, 0.1) is 0 Å². The minimum atomic E-state index is -0.139. The van der Waals surface area contributed by atoms with Gasteiger partial charge in [0.05, 0.1) is 10.6 Å². The smallest absolute Gasteiger partial charge is 0.265 e. The summed E-state index contributed by atoms with van der Waals surface area (Å²) in [6.45, 7) is 0. The molecule has 0 aliphatic heterocycles. The molecule has 2 aromatic heterocycles. The van der Waals surface area contributed by atoms with Crippen LogP contribution in [0.1, 0.15) is 9.67 Å². The van der Waals surface area contributed by atoms with Crippen molar-refractivity contribution in [3.63, 3.8) is 0 Å². The van der Waals surface area contributed by atoms with Crippen molar-refractivity contribution in [3.05, 3.63) is 69.0 Å². The van der Waals surface area contributed by atoms with Crippen LogP contribution in [-0.4, -0.2) is 15.7 Å². The second-order valence-electron chi connectivity index (χ2n) is 5.74. The first-order valence-electron chi connectivity index (χ1n) is 7.81. The summed E-state index contributed by atoms with van der Waals surface area (Å²) in [6, 6.07) is 17.0. The van der Waals surface area contributed by atoms with E-state index in [1.807, 2.05) is 61.6 Å². The van der Waals surface area contributed by atoms with Gasteiger partial charge in [-0.3, -0.25) is 9.48 Å². The van der Waals surface area contributed by atoms with Crippen LogP contribution < -0.4 is 5.32 Å². The number of thiophene rings is 1. The summed E-state index contributed by atoms with van der Waals surface area (Å²) in [5.74, 6) is -0.139. The molecule has 0 aliphatic rings. The monoisotopic (exact) mass is 445 g/mol. The number of anilines is 1. The predicted octanol–water partition coefficient (Wildman–Crippen LogP) is 5.97. The third-order valence-corrected chi connectivity index (χ3v) is 6.12. The second kappa shape index (κ2) is 6.87. The quantitative estimate of drug-likeness (QED) is 0.421. The summed E-state index contributed by atoms with van der Waals surface area (Å²) >= 11 is 10.8. The Hall–Kier alpha value is -2.15. The van der Waals surface area contributed by atoms with Crippen LogP contribution in [0.3, 0.4) is 0 Å². The molecule has 4 aromatic rings. The molecule has 0 radical (unpaired) electrons. The van der Waals surface area contributed by atoms with Crippen LogP contribution in [0.5, 0.6) is 0 Å². The normalized spacial score (nSPS) is 11.0. The number of rotatable bonds is 3. The first-order valence-corrected chi connectivity index (χ1v) is 9.80. The van der Waals surface area contributed by atoms with Crippen molar-refractivity contribution in [1.82, 2.24) is 9.78 Å². The molecule has 4 nitrogen and oxygen atoms in total. The van der Waals surface area contributed by atoms with Gasteiger partial charge in [0.15, 0.2) is 0 Å². The van der Waals surface area contributed by atoms with Gasteiger partial charge in [-0.25, -0.2) is 0 Å². The van der Waals surface area contributed by atoms with E-state index in [0.717, 1.165) is 31.6 Å². The standard InChI is InChI=1S/C19H13BrClN3OS/c1-24-19-13(17(23-24)11-6-8-12(21)9-7-11)10-16(26-19)18(25)22-15-5-3-2-4-14(15)20/h2-10H,1H3,(H,22,25).